The van der Waals surface area contributed by atoms with Crippen LogP contribution in [0.5, 0.6) is 0 Å². The minimum absolute atomic E-state index is 0.574. The SMILES string of the molecule is Brc1ccc(-c2ccc[se]2)s1. The van der Waals surface area contributed by atoms with E-state index in [-0.39, 0.29) is 0 Å². The molecule has 0 spiro atoms. The topological polar surface area (TPSA) is 0 Å². The number of rotatable bonds is 1. The van der Waals surface area contributed by atoms with Gasteiger partial charge in [0, 0.05) is 0 Å². The molecule has 56 valence electrons. The van der Waals surface area contributed by atoms with Crippen LogP contribution < -0.4 is 0 Å². The Morgan fingerprint density at radius 3 is 2.73 bits per heavy atom. The first-order chi connectivity index (χ1) is 5.36. The van der Waals surface area contributed by atoms with Gasteiger partial charge in [-0.2, -0.15) is 0 Å². The summed E-state index contributed by atoms with van der Waals surface area (Å²) in [5, 5.41) is 0. The first-order valence-electron chi connectivity index (χ1n) is 3.15. The zero-order chi connectivity index (χ0) is 7.68. The average Bonchev–Trinajstić information content (AvgIpc) is 2.55. The van der Waals surface area contributed by atoms with E-state index in [2.05, 4.69) is 45.1 Å². The van der Waals surface area contributed by atoms with Crippen molar-refractivity contribution in [1.82, 2.24) is 0 Å². The van der Waals surface area contributed by atoms with Crippen molar-refractivity contribution in [2.75, 3.05) is 0 Å². The fourth-order valence-electron chi connectivity index (χ4n) is 0.865. The molecule has 0 aliphatic heterocycles. The van der Waals surface area contributed by atoms with Crippen molar-refractivity contribution < 1.29 is 0 Å². The van der Waals surface area contributed by atoms with Crippen molar-refractivity contribution in [1.29, 1.82) is 0 Å². The molecule has 0 aromatic carbocycles. The summed E-state index contributed by atoms with van der Waals surface area (Å²) < 4.78 is 2.71. The van der Waals surface area contributed by atoms with Crippen LogP contribution in [0.2, 0.25) is 0 Å². The second kappa shape index (κ2) is 3.28. The predicted octanol–water partition coefficient (Wildman–Crippen LogP) is 3.23. The molecule has 0 atom stereocenters. The van der Waals surface area contributed by atoms with Crippen LogP contribution in [0.1, 0.15) is 0 Å². The molecule has 3 heteroatoms. The van der Waals surface area contributed by atoms with Crippen LogP contribution in [0, 0.1) is 0 Å². The van der Waals surface area contributed by atoms with Crippen LogP contribution in [0.25, 0.3) is 9.31 Å². The van der Waals surface area contributed by atoms with Gasteiger partial charge < -0.3 is 0 Å². The molecule has 0 nitrogen and oxygen atoms in total. The Hall–Kier alpha value is 0.179. The third-order valence-electron chi connectivity index (χ3n) is 1.34. The fourth-order valence-corrected chi connectivity index (χ4v) is 4.04. The van der Waals surface area contributed by atoms with Crippen LogP contribution in [0.4, 0.5) is 0 Å². The minimum atomic E-state index is 0.574. The van der Waals surface area contributed by atoms with Crippen molar-refractivity contribution in [2.45, 2.75) is 0 Å². The van der Waals surface area contributed by atoms with Gasteiger partial charge in [-0.1, -0.05) is 0 Å². The fraction of sp³-hybridized carbons (Fsp3) is 0. The second-order valence-electron chi connectivity index (χ2n) is 2.08. The van der Waals surface area contributed by atoms with Gasteiger partial charge in [-0.25, -0.2) is 0 Å². The Labute approximate surface area is 83.8 Å². The Balaban J connectivity index is 2.45. The summed E-state index contributed by atoms with van der Waals surface area (Å²) in [7, 11) is 0. The van der Waals surface area contributed by atoms with Gasteiger partial charge in [0.25, 0.3) is 0 Å². The van der Waals surface area contributed by atoms with E-state index in [1.54, 1.807) is 0 Å². The zero-order valence-electron chi connectivity index (χ0n) is 5.58. The van der Waals surface area contributed by atoms with Crippen LogP contribution in [0.3, 0.4) is 0 Å². The summed E-state index contributed by atoms with van der Waals surface area (Å²) in [5.41, 5.74) is 0. The molecule has 0 saturated carbocycles. The molecular weight excluding hydrogens is 287 g/mol. The maximum atomic E-state index is 3.46. The first-order valence-corrected chi connectivity index (χ1v) is 6.61. The van der Waals surface area contributed by atoms with E-state index in [9.17, 15) is 0 Å². The molecule has 2 aromatic rings. The molecule has 2 aromatic heterocycles. The first kappa shape index (κ1) is 7.81. The molecule has 0 saturated heterocycles. The van der Waals surface area contributed by atoms with Crippen LogP contribution in [-0.4, -0.2) is 14.5 Å². The average molecular weight is 292 g/mol. The van der Waals surface area contributed by atoms with Crippen LogP contribution in [-0.2, 0) is 0 Å². The van der Waals surface area contributed by atoms with E-state index < -0.39 is 0 Å². The molecule has 0 unspecified atom stereocenters. The molecule has 0 radical (unpaired) electrons. The van der Waals surface area contributed by atoms with Gasteiger partial charge in [0.1, 0.15) is 0 Å². The summed E-state index contributed by atoms with van der Waals surface area (Å²) in [6.07, 6.45) is 0. The van der Waals surface area contributed by atoms with Gasteiger partial charge in [-0.05, 0) is 0 Å². The normalized spacial score (nSPS) is 10.3. The third kappa shape index (κ3) is 1.67. The van der Waals surface area contributed by atoms with E-state index in [1.165, 1.54) is 13.1 Å². The van der Waals surface area contributed by atoms with Gasteiger partial charge in [-0.15, -0.1) is 0 Å². The van der Waals surface area contributed by atoms with Crippen molar-refractivity contribution in [2.24, 2.45) is 0 Å². The van der Waals surface area contributed by atoms with Gasteiger partial charge in [0.2, 0.25) is 0 Å². The number of halogens is 1. The standard InChI is InChI=1S/C8H5BrSSe/c9-8-4-3-6(10-8)7-2-1-5-11-7/h1-5H. The summed E-state index contributed by atoms with van der Waals surface area (Å²) in [6, 6.07) is 8.63. The number of hydrogen-bond donors (Lipinski definition) is 0. The van der Waals surface area contributed by atoms with Gasteiger partial charge in [-0.3, -0.25) is 0 Å². The molecule has 0 aliphatic carbocycles. The predicted molar refractivity (Wildman–Crippen MR) is 54.4 cm³/mol. The molecule has 0 N–H and O–H groups in total. The van der Waals surface area contributed by atoms with Gasteiger partial charge in [0.05, 0.1) is 0 Å². The molecule has 2 rings (SSSR count). The van der Waals surface area contributed by atoms with Crippen LogP contribution >= 0.6 is 27.3 Å². The molecule has 0 aliphatic rings. The molecule has 0 bridgehead atoms. The Bertz CT molecular complexity index is 337. The summed E-state index contributed by atoms with van der Waals surface area (Å²) in [5.74, 6) is 0. The molecule has 11 heavy (non-hydrogen) atoms. The second-order valence-corrected chi connectivity index (χ2v) is 6.53. The van der Waals surface area contributed by atoms with Crippen molar-refractivity contribution >= 4 is 41.8 Å². The molecular formula is C8H5BrSSe. The number of hydrogen-bond acceptors (Lipinski definition) is 1. The quantitative estimate of drug-likeness (QED) is 0.708. The summed E-state index contributed by atoms with van der Waals surface area (Å²) >= 11 is 5.84. The van der Waals surface area contributed by atoms with E-state index in [0.29, 0.717) is 14.5 Å². The van der Waals surface area contributed by atoms with Gasteiger partial charge in [0.15, 0.2) is 0 Å². The van der Waals surface area contributed by atoms with E-state index in [4.69, 9.17) is 0 Å². The Kier molecular flexibility index (Phi) is 2.33. The third-order valence-corrected chi connectivity index (χ3v) is 5.18. The number of thiophene rings is 1. The van der Waals surface area contributed by atoms with E-state index in [0.717, 1.165) is 0 Å². The van der Waals surface area contributed by atoms with E-state index >= 15 is 0 Å². The van der Waals surface area contributed by atoms with Crippen molar-refractivity contribution in [3.8, 4) is 9.31 Å². The van der Waals surface area contributed by atoms with Crippen molar-refractivity contribution in [3.63, 3.8) is 0 Å². The zero-order valence-corrected chi connectivity index (χ0v) is 9.70. The maximum absolute atomic E-state index is 3.46. The summed E-state index contributed by atoms with van der Waals surface area (Å²) in [6.45, 7) is 0. The van der Waals surface area contributed by atoms with Crippen molar-refractivity contribution in [3.05, 3.63) is 33.0 Å². The van der Waals surface area contributed by atoms with Crippen LogP contribution in [0.15, 0.2) is 33.0 Å². The molecule has 2 heterocycles. The monoisotopic (exact) mass is 292 g/mol. The Morgan fingerprint density at radius 1 is 1.27 bits per heavy atom. The van der Waals surface area contributed by atoms with Gasteiger partial charge >= 0.3 is 84.1 Å². The van der Waals surface area contributed by atoms with E-state index in [1.807, 2.05) is 11.3 Å². The molecule has 0 fully saturated rings. The summed E-state index contributed by atoms with van der Waals surface area (Å²) in [4.78, 5) is 3.65. The molecule has 0 amide bonds. The Morgan fingerprint density at radius 2 is 2.18 bits per heavy atom.